The SMILES string of the molecule is CC1(C)CC(NC(=O)C23CCC(c4ccc(OCC(=CF)CN)cc4)(CC2)CC3)CCO1. The molecule has 3 aliphatic carbocycles. The minimum Gasteiger partial charge on any atom is -0.489 e. The second kappa shape index (κ2) is 9.14. The molecule has 1 aromatic carbocycles. The van der Waals surface area contributed by atoms with Crippen LogP contribution in [0.2, 0.25) is 0 Å². The number of hydrogen-bond acceptors (Lipinski definition) is 4. The van der Waals surface area contributed by atoms with Crippen molar-refractivity contribution in [3.8, 4) is 5.75 Å². The maximum absolute atomic E-state index is 13.3. The van der Waals surface area contributed by atoms with Crippen molar-refractivity contribution in [1.29, 1.82) is 0 Å². The Kier molecular flexibility index (Phi) is 6.64. The van der Waals surface area contributed by atoms with Gasteiger partial charge < -0.3 is 20.5 Å². The summed E-state index contributed by atoms with van der Waals surface area (Å²) in [6, 6.07) is 8.42. The Balaban J connectivity index is 1.35. The Hall–Kier alpha value is -1.92. The van der Waals surface area contributed by atoms with Crippen LogP contribution in [0, 0.1) is 5.41 Å². The summed E-state index contributed by atoms with van der Waals surface area (Å²) in [6.45, 7) is 5.23. The summed E-state index contributed by atoms with van der Waals surface area (Å²) in [5.74, 6) is 0.978. The van der Waals surface area contributed by atoms with Crippen LogP contribution in [-0.2, 0) is 14.9 Å². The van der Waals surface area contributed by atoms with Crippen LogP contribution in [0.15, 0.2) is 36.2 Å². The van der Waals surface area contributed by atoms with E-state index in [1.54, 1.807) is 0 Å². The number of rotatable bonds is 7. The summed E-state index contributed by atoms with van der Waals surface area (Å²) in [7, 11) is 0. The van der Waals surface area contributed by atoms with Gasteiger partial charge in [0.05, 0.1) is 11.9 Å². The van der Waals surface area contributed by atoms with E-state index in [0.717, 1.165) is 57.1 Å². The smallest absolute Gasteiger partial charge is 0.226 e. The van der Waals surface area contributed by atoms with Crippen molar-refractivity contribution in [2.75, 3.05) is 19.8 Å². The number of amides is 1. The van der Waals surface area contributed by atoms with E-state index in [1.807, 2.05) is 12.1 Å². The van der Waals surface area contributed by atoms with Gasteiger partial charge in [0.2, 0.25) is 5.91 Å². The van der Waals surface area contributed by atoms with Gasteiger partial charge in [-0.1, -0.05) is 12.1 Å². The molecule has 32 heavy (non-hydrogen) atoms. The molecular weight excluding hydrogens is 407 g/mol. The molecule has 1 unspecified atom stereocenters. The van der Waals surface area contributed by atoms with Crippen LogP contribution in [0.25, 0.3) is 0 Å². The Bertz CT molecular complexity index is 825. The maximum Gasteiger partial charge on any atom is 0.226 e. The predicted octanol–water partition coefficient (Wildman–Crippen LogP) is 4.54. The van der Waals surface area contributed by atoms with Crippen molar-refractivity contribution in [2.45, 2.75) is 82.3 Å². The van der Waals surface area contributed by atoms with Crippen LogP contribution in [-0.4, -0.2) is 37.3 Å². The lowest BCUT2D eigenvalue weighted by molar-refractivity contribution is -0.140. The van der Waals surface area contributed by atoms with Crippen LogP contribution >= 0.6 is 0 Å². The molecule has 5 nitrogen and oxygen atoms in total. The van der Waals surface area contributed by atoms with Crippen LogP contribution in [0.4, 0.5) is 4.39 Å². The first-order valence-electron chi connectivity index (χ1n) is 12.0. The highest BCUT2D eigenvalue weighted by Gasteiger charge is 2.53. The third kappa shape index (κ3) is 4.72. The lowest BCUT2D eigenvalue weighted by atomic mass is 9.51. The van der Waals surface area contributed by atoms with E-state index >= 15 is 0 Å². The number of halogens is 1. The number of nitrogens with two attached hydrogens (primary N) is 1. The Morgan fingerprint density at radius 2 is 1.84 bits per heavy atom. The molecule has 4 fully saturated rings. The molecule has 4 aliphatic rings. The summed E-state index contributed by atoms with van der Waals surface area (Å²) < 4.78 is 24.1. The number of carbonyl (C=O) groups is 1. The number of fused-ring (bicyclic) bond motifs is 3. The molecule has 1 amide bonds. The quantitative estimate of drug-likeness (QED) is 0.647. The van der Waals surface area contributed by atoms with Gasteiger partial charge in [-0.3, -0.25) is 4.79 Å². The maximum atomic E-state index is 13.3. The highest BCUT2D eigenvalue weighted by atomic mass is 19.1. The normalized spacial score (nSPS) is 31.9. The number of hydrogen-bond donors (Lipinski definition) is 2. The highest BCUT2D eigenvalue weighted by Crippen LogP contribution is 2.58. The van der Waals surface area contributed by atoms with Gasteiger partial charge >= 0.3 is 0 Å². The fraction of sp³-hybridized carbons (Fsp3) is 0.654. The largest absolute Gasteiger partial charge is 0.489 e. The lowest BCUT2D eigenvalue weighted by Gasteiger charge is -2.53. The zero-order valence-corrected chi connectivity index (χ0v) is 19.4. The molecule has 1 aromatic rings. The van der Waals surface area contributed by atoms with Gasteiger partial charge in [-0.05, 0) is 88.3 Å². The summed E-state index contributed by atoms with van der Waals surface area (Å²) in [5.41, 5.74) is 7.03. The lowest BCUT2D eigenvalue weighted by Crippen LogP contribution is -2.55. The number of nitrogens with one attached hydrogen (secondary N) is 1. The van der Waals surface area contributed by atoms with E-state index in [1.165, 1.54) is 5.56 Å². The van der Waals surface area contributed by atoms with Gasteiger partial charge in [-0.2, -0.15) is 0 Å². The van der Waals surface area contributed by atoms with E-state index in [2.05, 4.69) is 31.3 Å². The average Bonchev–Trinajstić information content (AvgIpc) is 2.80. The van der Waals surface area contributed by atoms with E-state index in [-0.39, 0.29) is 41.5 Å². The third-order valence-corrected chi connectivity index (χ3v) is 8.07. The van der Waals surface area contributed by atoms with Crippen molar-refractivity contribution < 1.29 is 18.7 Å². The van der Waals surface area contributed by atoms with Crippen molar-refractivity contribution in [3.05, 3.63) is 41.7 Å². The first kappa shape index (κ1) is 23.2. The zero-order valence-electron chi connectivity index (χ0n) is 19.4. The molecule has 2 bridgehead atoms. The number of benzene rings is 1. The second-order valence-electron chi connectivity index (χ2n) is 10.6. The molecule has 3 N–H and O–H groups in total. The van der Waals surface area contributed by atoms with Gasteiger partial charge in [0.25, 0.3) is 0 Å². The molecule has 1 atom stereocenters. The molecule has 3 saturated carbocycles. The number of carbonyl (C=O) groups excluding carboxylic acids is 1. The van der Waals surface area contributed by atoms with Crippen LogP contribution < -0.4 is 15.8 Å². The standard InChI is InChI=1S/C26H37FN2O3/c1-24(2)15-21(7-14-32-24)29-23(30)26-11-8-25(9-12-26,10-13-26)20-3-5-22(6-4-20)31-18-19(16-27)17-28/h3-6,16,21H,7-15,17-18,28H2,1-2H3,(H,29,30). The molecule has 1 saturated heterocycles. The van der Waals surface area contributed by atoms with Crippen molar-refractivity contribution >= 4 is 5.91 Å². The molecule has 1 aliphatic heterocycles. The molecule has 176 valence electrons. The van der Waals surface area contributed by atoms with Crippen LogP contribution in [0.1, 0.15) is 70.8 Å². The minimum atomic E-state index is -0.204. The summed E-state index contributed by atoms with van der Waals surface area (Å²) in [6.07, 6.45) is 8.27. The fourth-order valence-corrected chi connectivity index (χ4v) is 5.87. The van der Waals surface area contributed by atoms with Crippen LogP contribution in [0.3, 0.4) is 0 Å². The first-order chi connectivity index (χ1) is 15.3. The Morgan fingerprint density at radius 3 is 2.41 bits per heavy atom. The van der Waals surface area contributed by atoms with E-state index in [9.17, 15) is 9.18 Å². The van der Waals surface area contributed by atoms with Gasteiger partial charge in [0, 0.05) is 30.2 Å². The van der Waals surface area contributed by atoms with Gasteiger partial charge in [-0.15, -0.1) is 0 Å². The minimum absolute atomic E-state index is 0.152. The second-order valence-corrected chi connectivity index (χ2v) is 10.6. The van der Waals surface area contributed by atoms with Crippen molar-refractivity contribution in [2.24, 2.45) is 11.1 Å². The van der Waals surface area contributed by atoms with Gasteiger partial charge in [0.15, 0.2) is 0 Å². The summed E-state index contributed by atoms with van der Waals surface area (Å²) >= 11 is 0. The fourth-order valence-electron chi connectivity index (χ4n) is 5.87. The molecule has 0 spiro atoms. The third-order valence-electron chi connectivity index (χ3n) is 8.07. The first-order valence-corrected chi connectivity index (χ1v) is 12.0. The summed E-state index contributed by atoms with van der Waals surface area (Å²) in [4.78, 5) is 13.3. The van der Waals surface area contributed by atoms with Crippen molar-refractivity contribution in [3.63, 3.8) is 0 Å². The topological polar surface area (TPSA) is 73.6 Å². The van der Waals surface area contributed by atoms with Gasteiger partial charge in [-0.25, -0.2) is 4.39 Å². The molecular formula is C26H37FN2O3. The predicted molar refractivity (Wildman–Crippen MR) is 123 cm³/mol. The summed E-state index contributed by atoms with van der Waals surface area (Å²) in [5, 5.41) is 3.38. The van der Waals surface area contributed by atoms with E-state index in [4.69, 9.17) is 15.2 Å². The Labute approximate surface area is 190 Å². The van der Waals surface area contributed by atoms with Gasteiger partial charge in [0.1, 0.15) is 12.4 Å². The van der Waals surface area contributed by atoms with E-state index < -0.39 is 0 Å². The monoisotopic (exact) mass is 444 g/mol. The number of ether oxygens (including phenoxy) is 2. The molecule has 1 heterocycles. The molecule has 6 heteroatoms. The molecule has 0 radical (unpaired) electrons. The molecule has 5 rings (SSSR count). The van der Waals surface area contributed by atoms with Crippen molar-refractivity contribution in [1.82, 2.24) is 5.32 Å². The molecule has 0 aromatic heterocycles. The van der Waals surface area contributed by atoms with Crippen LogP contribution in [0.5, 0.6) is 5.75 Å². The highest BCUT2D eigenvalue weighted by molar-refractivity contribution is 5.83. The zero-order chi connectivity index (χ0) is 22.8. The average molecular weight is 445 g/mol. The Morgan fingerprint density at radius 1 is 1.19 bits per heavy atom. The van der Waals surface area contributed by atoms with E-state index in [0.29, 0.717) is 18.5 Å².